The molecule has 0 saturated heterocycles. The van der Waals surface area contributed by atoms with Crippen molar-refractivity contribution < 1.29 is 19.0 Å². The third kappa shape index (κ3) is 2.93. The number of Topliss-reactive ketones (excluding diaryl/α,β-unsaturated/α-hetero) is 1. The average Bonchev–Trinajstić information content (AvgIpc) is 2.58. The summed E-state index contributed by atoms with van der Waals surface area (Å²) in [6.07, 6.45) is 1.81. The van der Waals surface area contributed by atoms with Crippen LogP contribution in [0.25, 0.3) is 6.08 Å². The van der Waals surface area contributed by atoms with Crippen LogP contribution >= 0.6 is 0 Å². The van der Waals surface area contributed by atoms with E-state index in [1.54, 1.807) is 25.3 Å². The Labute approximate surface area is 135 Å². The number of benzene rings is 2. The monoisotopic (exact) mass is 310 g/mol. The zero-order valence-corrected chi connectivity index (χ0v) is 13.2. The maximum atomic E-state index is 12.6. The van der Waals surface area contributed by atoms with Crippen molar-refractivity contribution in [1.29, 1.82) is 0 Å². The molecule has 1 aliphatic rings. The second-order valence-electron chi connectivity index (χ2n) is 5.10. The number of methoxy groups -OCH3 is 1. The highest BCUT2D eigenvalue weighted by atomic mass is 16.5. The number of carbonyl (C=O) groups excluding carboxylic acids is 1. The van der Waals surface area contributed by atoms with E-state index in [9.17, 15) is 4.79 Å². The fourth-order valence-corrected chi connectivity index (χ4v) is 2.60. The number of hydrogen-bond acceptors (Lipinski definition) is 4. The van der Waals surface area contributed by atoms with E-state index in [-0.39, 0.29) is 12.4 Å². The molecule has 118 valence electrons. The molecule has 0 aliphatic carbocycles. The van der Waals surface area contributed by atoms with Crippen molar-refractivity contribution in [2.24, 2.45) is 0 Å². The van der Waals surface area contributed by atoms with Gasteiger partial charge in [-0.05, 0) is 31.2 Å². The maximum Gasteiger partial charge on any atom is 0.196 e. The molecule has 2 aromatic rings. The molecule has 0 N–H and O–H groups in total. The molecular weight excluding hydrogens is 292 g/mol. The quantitative estimate of drug-likeness (QED) is 0.807. The van der Waals surface area contributed by atoms with E-state index in [2.05, 4.69) is 0 Å². The summed E-state index contributed by atoms with van der Waals surface area (Å²) in [5.74, 6) is 1.89. The summed E-state index contributed by atoms with van der Waals surface area (Å²) >= 11 is 0. The third-order valence-electron chi connectivity index (χ3n) is 3.65. The van der Waals surface area contributed by atoms with Crippen LogP contribution in [0.5, 0.6) is 17.2 Å². The van der Waals surface area contributed by atoms with E-state index in [1.807, 2.05) is 37.3 Å². The highest BCUT2D eigenvalue weighted by Gasteiger charge is 2.23. The van der Waals surface area contributed by atoms with Crippen LogP contribution in [0.1, 0.15) is 22.8 Å². The SMILES string of the molecule is CCOc1cccc(C=C2COc3ccccc3C2=O)c1OC. The van der Waals surface area contributed by atoms with Crippen molar-refractivity contribution in [2.75, 3.05) is 20.3 Å². The Morgan fingerprint density at radius 3 is 2.78 bits per heavy atom. The van der Waals surface area contributed by atoms with Crippen LogP contribution in [-0.2, 0) is 0 Å². The molecule has 0 bridgehead atoms. The van der Waals surface area contributed by atoms with Gasteiger partial charge in [-0.3, -0.25) is 4.79 Å². The van der Waals surface area contributed by atoms with Crippen molar-refractivity contribution in [3.8, 4) is 17.2 Å². The molecule has 3 rings (SSSR count). The van der Waals surface area contributed by atoms with Crippen molar-refractivity contribution in [2.45, 2.75) is 6.92 Å². The summed E-state index contributed by atoms with van der Waals surface area (Å²) in [5.41, 5.74) is 1.98. The molecule has 0 atom stereocenters. The van der Waals surface area contributed by atoms with E-state index in [0.717, 1.165) is 5.56 Å². The standard InChI is InChI=1S/C19H18O4/c1-3-22-17-10-6-7-13(19(17)21-2)11-14-12-23-16-9-5-4-8-15(16)18(14)20/h4-11H,3,12H2,1-2H3. The molecule has 0 saturated carbocycles. The molecule has 0 aromatic heterocycles. The zero-order valence-electron chi connectivity index (χ0n) is 13.2. The fourth-order valence-electron chi connectivity index (χ4n) is 2.60. The second-order valence-corrected chi connectivity index (χ2v) is 5.10. The lowest BCUT2D eigenvalue weighted by atomic mass is 9.98. The summed E-state index contributed by atoms with van der Waals surface area (Å²) in [4.78, 5) is 12.6. The summed E-state index contributed by atoms with van der Waals surface area (Å²) in [7, 11) is 1.59. The normalized spacial score (nSPS) is 15.0. The lowest BCUT2D eigenvalue weighted by Crippen LogP contribution is -2.18. The zero-order chi connectivity index (χ0) is 16.2. The van der Waals surface area contributed by atoms with Gasteiger partial charge < -0.3 is 14.2 Å². The molecule has 0 unspecified atom stereocenters. The van der Waals surface area contributed by atoms with Crippen LogP contribution in [0.2, 0.25) is 0 Å². The minimum absolute atomic E-state index is 0.0179. The number of para-hydroxylation sites is 2. The number of fused-ring (bicyclic) bond motifs is 1. The molecule has 0 fully saturated rings. The van der Waals surface area contributed by atoms with E-state index < -0.39 is 0 Å². The molecular formula is C19H18O4. The average molecular weight is 310 g/mol. The van der Waals surface area contributed by atoms with Crippen LogP contribution < -0.4 is 14.2 Å². The van der Waals surface area contributed by atoms with Gasteiger partial charge in [-0.1, -0.05) is 24.3 Å². The van der Waals surface area contributed by atoms with E-state index in [4.69, 9.17) is 14.2 Å². The number of carbonyl (C=O) groups is 1. The molecule has 4 nitrogen and oxygen atoms in total. The Kier molecular flexibility index (Phi) is 4.33. The minimum Gasteiger partial charge on any atom is -0.492 e. The Balaban J connectivity index is 2.00. The van der Waals surface area contributed by atoms with Gasteiger partial charge in [0.15, 0.2) is 17.3 Å². The maximum absolute atomic E-state index is 12.6. The number of ketones is 1. The van der Waals surface area contributed by atoms with Gasteiger partial charge in [-0.25, -0.2) is 0 Å². The van der Waals surface area contributed by atoms with Crippen molar-refractivity contribution in [1.82, 2.24) is 0 Å². The molecule has 0 amide bonds. The Morgan fingerprint density at radius 2 is 2.00 bits per heavy atom. The largest absolute Gasteiger partial charge is 0.492 e. The third-order valence-corrected chi connectivity index (χ3v) is 3.65. The Bertz CT molecular complexity index is 762. The summed E-state index contributed by atoms with van der Waals surface area (Å²) in [5, 5.41) is 0. The van der Waals surface area contributed by atoms with E-state index >= 15 is 0 Å². The summed E-state index contributed by atoms with van der Waals surface area (Å²) < 4.78 is 16.7. The van der Waals surface area contributed by atoms with Crippen molar-refractivity contribution in [3.63, 3.8) is 0 Å². The lowest BCUT2D eigenvalue weighted by molar-refractivity contribution is 0.100. The van der Waals surface area contributed by atoms with Gasteiger partial charge in [0.25, 0.3) is 0 Å². The van der Waals surface area contributed by atoms with Crippen LogP contribution in [0.15, 0.2) is 48.0 Å². The lowest BCUT2D eigenvalue weighted by Gasteiger charge is -2.19. The molecule has 2 aromatic carbocycles. The van der Waals surface area contributed by atoms with Crippen LogP contribution in [-0.4, -0.2) is 26.1 Å². The molecule has 4 heteroatoms. The van der Waals surface area contributed by atoms with E-state index in [0.29, 0.717) is 35.0 Å². The van der Waals surface area contributed by atoms with Gasteiger partial charge in [0.2, 0.25) is 0 Å². The number of rotatable bonds is 4. The predicted octanol–water partition coefficient (Wildman–Crippen LogP) is 3.75. The van der Waals surface area contributed by atoms with Gasteiger partial charge in [0, 0.05) is 11.1 Å². The molecule has 1 aliphatic heterocycles. The van der Waals surface area contributed by atoms with Gasteiger partial charge in [0.1, 0.15) is 12.4 Å². The van der Waals surface area contributed by atoms with Crippen LogP contribution in [0.3, 0.4) is 0 Å². The summed E-state index contributed by atoms with van der Waals surface area (Å²) in [6, 6.07) is 12.9. The first-order valence-corrected chi connectivity index (χ1v) is 7.51. The topological polar surface area (TPSA) is 44.8 Å². The molecule has 0 spiro atoms. The Hall–Kier alpha value is -2.75. The first-order chi connectivity index (χ1) is 11.2. The Morgan fingerprint density at radius 1 is 1.17 bits per heavy atom. The van der Waals surface area contributed by atoms with Gasteiger partial charge in [0.05, 0.1) is 19.3 Å². The van der Waals surface area contributed by atoms with Crippen molar-refractivity contribution >= 4 is 11.9 Å². The van der Waals surface area contributed by atoms with E-state index in [1.165, 1.54) is 0 Å². The number of ether oxygens (including phenoxy) is 3. The molecule has 0 radical (unpaired) electrons. The smallest absolute Gasteiger partial charge is 0.196 e. The van der Waals surface area contributed by atoms with Crippen LogP contribution in [0.4, 0.5) is 0 Å². The van der Waals surface area contributed by atoms with Gasteiger partial charge in [-0.2, -0.15) is 0 Å². The minimum atomic E-state index is -0.0179. The highest BCUT2D eigenvalue weighted by molar-refractivity contribution is 6.14. The molecule has 23 heavy (non-hydrogen) atoms. The van der Waals surface area contributed by atoms with Gasteiger partial charge >= 0.3 is 0 Å². The first-order valence-electron chi connectivity index (χ1n) is 7.51. The predicted molar refractivity (Wildman–Crippen MR) is 88.4 cm³/mol. The summed E-state index contributed by atoms with van der Waals surface area (Å²) in [6.45, 7) is 2.71. The van der Waals surface area contributed by atoms with Crippen LogP contribution in [0, 0.1) is 0 Å². The molecule has 1 heterocycles. The second kappa shape index (κ2) is 6.57. The van der Waals surface area contributed by atoms with Crippen molar-refractivity contribution in [3.05, 3.63) is 59.2 Å². The fraction of sp³-hybridized carbons (Fsp3) is 0.211. The first kappa shape index (κ1) is 15.2. The highest BCUT2D eigenvalue weighted by Crippen LogP contribution is 2.34. The number of hydrogen-bond donors (Lipinski definition) is 0. The van der Waals surface area contributed by atoms with Gasteiger partial charge in [-0.15, -0.1) is 0 Å².